The number of hydrogen-bond donors (Lipinski definition) is 0. The van der Waals surface area contributed by atoms with Gasteiger partial charge in [-0.2, -0.15) is 0 Å². The summed E-state index contributed by atoms with van der Waals surface area (Å²) in [5.74, 6) is 0.988. The number of carbonyl (C=O) groups excluding carboxylic acids is 1. The SMILES string of the molecule is CCc1ccc(C2CCCCCN2C(=O)CS(=O)(=O)CCCc2ccccc2)o1. The highest BCUT2D eigenvalue weighted by Crippen LogP contribution is 2.31. The van der Waals surface area contributed by atoms with E-state index in [1.807, 2.05) is 49.4 Å². The molecular weight excluding hydrogens is 386 g/mol. The molecule has 1 amide bonds. The Balaban J connectivity index is 1.62. The third-order valence-corrected chi connectivity index (χ3v) is 7.14. The minimum atomic E-state index is -3.44. The van der Waals surface area contributed by atoms with Crippen LogP contribution in [0.15, 0.2) is 46.9 Å². The molecule has 29 heavy (non-hydrogen) atoms. The Morgan fingerprint density at radius 2 is 1.90 bits per heavy atom. The molecule has 1 aromatic carbocycles. The second kappa shape index (κ2) is 10.1. The van der Waals surface area contributed by atoms with Gasteiger partial charge in [0.05, 0.1) is 11.8 Å². The van der Waals surface area contributed by atoms with Crippen LogP contribution >= 0.6 is 0 Å². The Labute approximate surface area is 174 Å². The minimum absolute atomic E-state index is 0.0346. The van der Waals surface area contributed by atoms with Gasteiger partial charge in [-0.25, -0.2) is 8.42 Å². The molecule has 0 saturated carbocycles. The average molecular weight is 418 g/mol. The summed E-state index contributed by atoms with van der Waals surface area (Å²) in [5.41, 5.74) is 1.12. The number of benzene rings is 1. The number of sulfone groups is 1. The van der Waals surface area contributed by atoms with E-state index in [1.165, 1.54) is 0 Å². The highest BCUT2D eigenvalue weighted by atomic mass is 32.2. The van der Waals surface area contributed by atoms with Gasteiger partial charge in [-0.05, 0) is 43.4 Å². The number of aryl methyl sites for hydroxylation is 2. The maximum Gasteiger partial charge on any atom is 0.238 e. The third-order valence-electron chi connectivity index (χ3n) is 5.54. The van der Waals surface area contributed by atoms with Gasteiger partial charge in [-0.1, -0.05) is 50.1 Å². The van der Waals surface area contributed by atoms with E-state index < -0.39 is 15.6 Å². The molecule has 1 aromatic heterocycles. The zero-order chi connectivity index (χ0) is 20.7. The normalized spacial score (nSPS) is 17.8. The summed E-state index contributed by atoms with van der Waals surface area (Å²) in [6.07, 6.45) is 5.81. The predicted molar refractivity (Wildman–Crippen MR) is 114 cm³/mol. The largest absolute Gasteiger partial charge is 0.464 e. The molecule has 5 nitrogen and oxygen atoms in total. The Kier molecular flexibility index (Phi) is 7.53. The van der Waals surface area contributed by atoms with Crippen LogP contribution in [0, 0.1) is 0 Å². The molecule has 2 heterocycles. The summed E-state index contributed by atoms with van der Waals surface area (Å²) < 4.78 is 31.1. The topological polar surface area (TPSA) is 67.6 Å². The first kappa shape index (κ1) is 21.6. The number of likely N-dealkylation sites (tertiary alicyclic amines) is 1. The summed E-state index contributed by atoms with van der Waals surface area (Å²) in [5, 5.41) is 0. The molecule has 3 rings (SSSR count). The molecule has 2 aromatic rings. The van der Waals surface area contributed by atoms with Crippen LogP contribution in [0.2, 0.25) is 0 Å². The average Bonchev–Trinajstić information content (AvgIpc) is 3.04. The van der Waals surface area contributed by atoms with E-state index in [0.29, 0.717) is 19.4 Å². The lowest BCUT2D eigenvalue weighted by Gasteiger charge is -2.28. The van der Waals surface area contributed by atoms with E-state index >= 15 is 0 Å². The van der Waals surface area contributed by atoms with Crippen molar-refractivity contribution in [2.45, 2.75) is 57.9 Å². The number of rotatable bonds is 8. The van der Waals surface area contributed by atoms with Crippen molar-refractivity contribution in [3.8, 4) is 0 Å². The second-order valence-electron chi connectivity index (χ2n) is 7.79. The number of amides is 1. The van der Waals surface area contributed by atoms with Crippen molar-refractivity contribution in [1.82, 2.24) is 4.90 Å². The van der Waals surface area contributed by atoms with Crippen molar-refractivity contribution in [2.75, 3.05) is 18.1 Å². The van der Waals surface area contributed by atoms with Crippen LogP contribution in [0.4, 0.5) is 0 Å². The molecule has 6 heteroatoms. The molecule has 1 unspecified atom stereocenters. The van der Waals surface area contributed by atoms with Gasteiger partial charge in [0, 0.05) is 13.0 Å². The Morgan fingerprint density at radius 1 is 1.10 bits per heavy atom. The van der Waals surface area contributed by atoms with Crippen LogP contribution in [0.3, 0.4) is 0 Å². The van der Waals surface area contributed by atoms with Gasteiger partial charge in [0.2, 0.25) is 5.91 Å². The molecular formula is C23H31NO4S. The fraction of sp³-hybridized carbons (Fsp3) is 0.522. The van der Waals surface area contributed by atoms with Crippen molar-refractivity contribution in [3.63, 3.8) is 0 Å². The summed E-state index contributed by atoms with van der Waals surface area (Å²) in [6, 6.07) is 13.5. The van der Waals surface area contributed by atoms with Gasteiger partial charge < -0.3 is 9.32 Å². The number of nitrogens with zero attached hydrogens (tertiary/aromatic N) is 1. The number of furan rings is 1. The zero-order valence-electron chi connectivity index (χ0n) is 17.2. The Morgan fingerprint density at radius 3 is 2.62 bits per heavy atom. The minimum Gasteiger partial charge on any atom is -0.464 e. The molecule has 0 bridgehead atoms. The molecule has 0 N–H and O–H groups in total. The first-order chi connectivity index (χ1) is 14.0. The van der Waals surface area contributed by atoms with E-state index in [0.717, 1.165) is 49.2 Å². The predicted octanol–water partition coefficient (Wildman–Crippen LogP) is 4.33. The van der Waals surface area contributed by atoms with Crippen LogP contribution in [0.5, 0.6) is 0 Å². The molecule has 1 fully saturated rings. The third kappa shape index (κ3) is 6.20. The summed E-state index contributed by atoms with van der Waals surface area (Å²) in [4.78, 5) is 14.7. The van der Waals surface area contributed by atoms with Gasteiger partial charge in [-0.15, -0.1) is 0 Å². The Bertz CT molecular complexity index is 889. The van der Waals surface area contributed by atoms with Gasteiger partial charge in [0.1, 0.15) is 17.3 Å². The lowest BCUT2D eigenvalue weighted by Crippen LogP contribution is -2.39. The van der Waals surface area contributed by atoms with Crippen molar-refractivity contribution in [2.24, 2.45) is 0 Å². The van der Waals surface area contributed by atoms with Gasteiger partial charge in [0.25, 0.3) is 0 Å². The smallest absolute Gasteiger partial charge is 0.238 e. The summed E-state index contributed by atoms with van der Waals surface area (Å²) in [6.45, 7) is 2.62. The standard InChI is InChI=1S/C23H31NO4S/c1-2-20-14-15-22(28-20)21-13-7-4-8-16-24(21)23(25)18-29(26,27)17-9-12-19-10-5-3-6-11-19/h3,5-6,10-11,14-15,21H,2,4,7-9,12-13,16-18H2,1H3. The highest BCUT2D eigenvalue weighted by molar-refractivity contribution is 7.92. The van der Waals surface area contributed by atoms with E-state index in [-0.39, 0.29) is 17.7 Å². The van der Waals surface area contributed by atoms with Crippen LogP contribution in [0.25, 0.3) is 0 Å². The second-order valence-corrected chi connectivity index (χ2v) is 9.98. The molecule has 0 radical (unpaired) electrons. The Hall–Kier alpha value is -2.08. The molecule has 1 aliphatic heterocycles. The van der Waals surface area contributed by atoms with Crippen LogP contribution < -0.4 is 0 Å². The van der Waals surface area contributed by atoms with Crippen LogP contribution in [-0.2, 0) is 27.5 Å². The maximum atomic E-state index is 13.0. The molecule has 0 aliphatic carbocycles. The first-order valence-electron chi connectivity index (χ1n) is 10.6. The molecule has 1 saturated heterocycles. The lowest BCUT2D eigenvalue weighted by molar-refractivity contribution is -0.131. The van der Waals surface area contributed by atoms with E-state index in [4.69, 9.17) is 4.42 Å². The number of hydrogen-bond acceptors (Lipinski definition) is 4. The first-order valence-corrected chi connectivity index (χ1v) is 12.4. The van der Waals surface area contributed by atoms with E-state index in [9.17, 15) is 13.2 Å². The van der Waals surface area contributed by atoms with Crippen molar-refractivity contribution >= 4 is 15.7 Å². The maximum absolute atomic E-state index is 13.0. The van der Waals surface area contributed by atoms with Crippen molar-refractivity contribution < 1.29 is 17.6 Å². The summed E-state index contributed by atoms with van der Waals surface area (Å²) >= 11 is 0. The van der Waals surface area contributed by atoms with E-state index in [2.05, 4.69) is 0 Å². The number of carbonyl (C=O) groups is 1. The molecule has 1 aliphatic rings. The molecule has 158 valence electrons. The molecule has 1 atom stereocenters. The lowest BCUT2D eigenvalue weighted by atomic mass is 10.1. The van der Waals surface area contributed by atoms with E-state index in [1.54, 1.807) is 4.90 Å². The highest BCUT2D eigenvalue weighted by Gasteiger charge is 2.31. The zero-order valence-corrected chi connectivity index (χ0v) is 18.0. The van der Waals surface area contributed by atoms with Gasteiger partial charge >= 0.3 is 0 Å². The van der Waals surface area contributed by atoms with Crippen molar-refractivity contribution in [3.05, 3.63) is 59.5 Å². The fourth-order valence-corrected chi connectivity index (χ4v) is 5.22. The van der Waals surface area contributed by atoms with Gasteiger partial charge in [-0.3, -0.25) is 4.79 Å². The quantitative estimate of drug-likeness (QED) is 0.641. The van der Waals surface area contributed by atoms with Crippen LogP contribution in [0.1, 0.15) is 62.2 Å². The monoisotopic (exact) mass is 417 g/mol. The molecule has 0 spiro atoms. The summed E-state index contributed by atoms with van der Waals surface area (Å²) in [7, 11) is -3.44. The van der Waals surface area contributed by atoms with Crippen LogP contribution in [-0.4, -0.2) is 37.3 Å². The fourth-order valence-electron chi connectivity index (χ4n) is 3.95. The van der Waals surface area contributed by atoms with Gasteiger partial charge in [0.15, 0.2) is 9.84 Å². The van der Waals surface area contributed by atoms with Crippen molar-refractivity contribution in [1.29, 1.82) is 0 Å².